The smallest absolute Gasteiger partial charge is 0.0711 e. The fourth-order valence-electron chi connectivity index (χ4n) is 0.692. The molecular weight excluding hydrogens is 90.1 g/mol. The Hall–Kier alpha value is -0.0800. The summed E-state index contributed by atoms with van der Waals surface area (Å²) in [7, 11) is 1.74. The Morgan fingerprint density at radius 3 is 3.00 bits per heavy atom. The van der Waals surface area contributed by atoms with Gasteiger partial charge in [0.2, 0.25) is 0 Å². The van der Waals surface area contributed by atoms with Gasteiger partial charge in [-0.25, -0.2) is 0 Å². The highest BCUT2D eigenvalue weighted by molar-refractivity contribution is 4.79. The first-order valence-electron chi connectivity index (χ1n) is 2.51. The van der Waals surface area contributed by atoms with Crippen LogP contribution in [0.3, 0.4) is 0 Å². The topological polar surface area (TPSA) is 21.3 Å². The Labute approximate surface area is 43.9 Å². The van der Waals surface area contributed by atoms with E-state index in [9.17, 15) is 0 Å². The van der Waals surface area contributed by atoms with E-state index in [0.717, 1.165) is 13.0 Å². The molecule has 0 aromatic heterocycles. The van der Waals surface area contributed by atoms with E-state index in [1.54, 1.807) is 7.11 Å². The summed E-state index contributed by atoms with van der Waals surface area (Å²) in [5.41, 5.74) is 0. The molecule has 1 N–H and O–H groups in total. The molecular formula is C5H10NO. The minimum absolute atomic E-state index is 0.431. The first-order chi connectivity index (χ1) is 3.43. The van der Waals surface area contributed by atoms with E-state index in [2.05, 4.69) is 5.32 Å². The van der Waals surface area contributed by atoms with Crippen molar-refractivity contribution in [1.82, 2.24) is 5.32 Å². The van der Waals surface area contributed by atoms with Crippen molar-refractivity contribution in [1.29, 1.82) is 0 Å². The fraction of sp³-hybridized carbons (Fsp3) is 0.800. The molecule has 0 aliphatic carbocycles. The van der Waals surface area contributed by atoms with Gasteiger partial charge in [0.05, 0.1) is 6.10 Å². The molecule has 2 nitrogen and oxygen atoms in total. The third-order valence-electron chi connectivity index (χ3n) is 1.20. The van der Waals surface area contributed by atoms with Crippen molar-refractivity contribution < 1.29 is 4.74 Å². The molecule has 0 spiro atoms. The van der Waals surface area contributed by atoms with Gasteiger partial charge in [0.25, 0.3) is 0 Å². The monoisotopic (exact) mass is 100 g/mol. The second kappa shape index (κ2) is 2.28. The molecule has 1 aliphatic heterocycles. The van der Waals surface area contributed by atoms with Crippen LogP contribution in [0.2, 0.25) is 0 Å². The summed E-state index contributed by atoms with van der Waals surface area (Å²) in [6.07, 6.45) is 1.48. The van der Waals surface area contributed by atoms with Gasteiger partial charge in [-0.05, 0) is 6.42 Å². The van der Waals surface area contributed by atoms with E-state index < -0.39 is 0 Å². The van der Waals surface area contributed by atoms with Crippen molar-refractivity contribution >= 4 is 0 Å². The zero-order valence-electron chi connectivity index (χ0n) is 4.48. The standard InChI is InChI=1S/C5H10NO/c1-7-5-2-3-6-4-5/h3,5-6H,2,4H2,1H3. The maximum Gasteiger partial charge on any atom is 0.0711 e. The predicted octanol–water partition coefficient (Wildman–Crippen LogP) is 0.156. The molecule has 1 atom stereocenters. The Bertz CT molecular complexity index is 50.0. The lowest BCUT2D eigenvalue weighted by molar-refractivity contribution is 0.120. The number of hydrogen-bond donors (Lipinski definition) is 1. The molecule has 1 aliphatic rings. The van der Waals surface area contributed by atoms with Crippen LogP contribution in [0.5, 0.6) is 0 Å². The Kier molecular flexibility index (Phi) is 1.65. The molecule has 0 bridgehead atoms. The van der Waals surface area contributed by atoms with Crippen LogP contribution in [0.4, 0.5) is 0 Å². The molecule has 1 radical (unpaired) electrons. The van der Waals surface area contributed by atoms with E-state index in [1.165, 1.54) is 0 Å². The SMILES string of the molecule is COC1C[CH]NC1. The lowest BCUT2D eigenvalue weighted by Gasteiger charge is -2.01. The van der Waals surface area contributed by atoms with E-state index in [0.29, 0.717) is 6.10 Å². The largest absolute Gasteiger partial charge is 0.380 e. The highest BCUT2D eigenvalue weighted by Gasteiger charge is 2.11. The minimum atomic E-state index is 0.431. The lowest BCUT2D eigenvalue weighted by atomic mass is 10.3. The van der Waals surface area contributed by atoms with Gasteiger partial charge in [0.15, 0.2) is 0 Å². The van der Waals surface area contributed by atoms with Gasteiger partial charge < -0.3 is 10.1 Å². The Balaban J connectivity index is 2.14. The van der Waals surface area contributed by atoms with E-state index in [4.69, 9.17) is 4.74 Å². The molecule has 0 aromatic rings. The van der Waals surface area contributed by atoms with Gasteiger partial charge in [-0.3, -0.25) is 0 Å². The Morgan fingerprint density at radius 2 is 2.71 bits per heavy atom. The number of methoxy groups -OCH3 is 1. The number of hydrogen-bond acceptors (Lipinski definition) is 2. The van der Waals surface area contributed by atoms with Crippen molar-refractivity contribution in [3.63, 3.8) is 0 Å². The molecule has 41 valence electrons. The summed E-state index contributed by atoms with van der Waals surface area (Å²) in [5.74, 6) is 0. The Morgan fingerprint density at radius 1 is 1.86 bits per heavy atom. The van der Waals surface area contributed by atoms with E-state index >= 15 is 0 Å². The van der Waals surface area contributed by atoms with Gasteiger partial charge in [-0.1, -0.05) is 0 Å². The maximum atomic E-state index is 5.02. The van der Waals surface area contributed by atoms with Gasteiger partial charge in [-0.15, -0.1) is 0 Å². The summed E-state index contributed by atoms with van der Waals surface area (Å²) in [4.78, 5) is 0. The van der Waals surface area contributed by atoms with Crippen LogP contribution in [0.25, 0.3) is 0 Å². The molecule has 0 aromatic carbocycles. The highest BCUT2D eigenvalue weighted by atomic mass is 16.5. The van der Waals surface area contributed by atoms with Gasteiger partial charge in [0.1, 0.15) is 0 Å². The van der Waals surface area contributed by atoms with Crippen molar-refractivity contribution in [2.45, 2.75) is 12.5 Å². The van der Waals surface area contributed by atoms with Gasteiger partial charge >= 0.3 is 0 Å². The third kappa shape index (κ3) is 1.14. The van der Waals surface area contributed by atoms with E-state index in [-0.39, 0.29) is 0 Å². The molecule has 7 heavy (non-hydrogen) atoms. The van der Waals surface area contributed by atoms with Crippen molar-refractivity contribution in [3.05, 3.63) is 6.54 Å². The molecule has 1 heterocycles. The number of rotatable bonds is 1. The van der Waals surface area contributed by atoms with Crippen molar-refractivity contribution in [2.24, 2.45) is 0 Å². The number of nitrogens with one attached hydrogen (secondary N) is 1. The quantitative estimate of drug-likeness (QED) is 0.506. The minimum Gasteiger partial charge on any atom is -0.380 e. The lowest BCUT2D eigenvalue weighted by Crippen LogP contribution is -2.13. The molecule has 1 fully saturated rings. The average Bonchev–Trinajstić information content (AvgIpc) is 2.14. The van der Waals surface area contributed by atoms with E-state index in [1.807, 2.05) is 6.54 Å². The zero-order chi connectivity index (χ0) is 5.11. The van der Waals surface area contributed by atoms with Crippen molar-refractivity contribution in [2.75, 3.05) is 13.7 Å². The van der Waals surface area contributed by atoms with Crippen LogP contribution >= 0.6 is 0 Å². The van der Waals surface area contributed by atoms with Crippen LogP contribution in [0.15, 0.2) is 0 Å². The second-order valence-corrected chi connectivity index (χ2v) is 1.71. The second-order valence-electron chi connectivity index (χ2n) is 1.71. The first-order valence-corrected chi connectivity index (χ1v) is 2.51. The summed E-state index contributed by atoms with van der Waals surface area (Å²) in [6.45, 7) is 3.02. The average molecular weight is 100 g/mol. The van der Waals surface area contributed by atoms with Gasteiger partial charge in [-0.2, -0.15) is 0 Å². The van der Waals surface area contributed by atoms with Crippen LogP contribution < -0.4 is 5.32 Å². The summed E-state index contributed by atoms with van der Waals surface area (Å²) in [6, 6.07) is 0. The van der Waals surface area contributed by atoms with Crippen LogP contribution in [0.1, 0.15) is 6.42 Å². The molecule has 0 saturated carbocycles. The molecule has 2 heteroatoms. The summed E-state index contributed by atoms with van der Waals surface area (Å²) < 4.78 is 5.02. The normalized spacial score (nSPS) is 31.3. The van der Waals surface area contributed by atoms with Crippen molar-refractivity contribution in [3.8, 4) is 0 Å². The van der Waals surface area contributed by atoms with Gasteiger partial charge in [0, 0.05) is 20.2 Å². The van der Waals surface area contributed by atoms with Crippen LogP contribution in [-0.4, -0.2) is 19.8 Å². The number of ether oxygens (including phenoxy) is 1. The first kappa shape index (κ1) is 5.06. The third-order valence-corrected chi connectivity index (χ3v) is 1.20. The van der Waals surface area contributed by atoms with Crippen LogP contribution in [-0.2, 0) is 4.74 Å². The molecule has 1 unspecified atom stereocenters. The summed E-state index contributed by atoms with van der Waals surface area (Å²) in [5, 5.41) is 3.07. The zero-order valence-corrected chi connectivity index (χ0v) is 4.48. The molecule has 0 amide bonds. The fourth-order valence-corrected chi connectivity index (χ4v) is 0.692. The maximum absolute atomic E-state index is 5.02. The molecule has 1 saturated heterocycles. The molecule has 1 rings (SSSR count). The highest BCUT2D eigenvalue weighted by Crippen LogP contribution is 2.03. The predicted molar refractivity (Wildman–Crippen MR) is 27.7 cm³/mol. The van der Waals surface area contributed by atoms with Crippen LogP contribution in [0, 0.1) is 6.54 Å². The summed E-state index contributed by atoms with van der Waals surface area (Å²) >= 11 is 0.